The number of halogens is 3. The van der Waals surface area contributed by atoms with Crippen LogP contribution >= 0.6 is 0 Å². The summed E-state index contributed by atoms with van der Waals surface area (Å²) in [6.07, 6.45) is -1.50. The molecule has 0 aromatic carbocycles. The van der Waals surface area contributed by atoms with E-state index >= 15 is 0 Å². The second-order valence-corrected chi connectivity index (χ2v) is 9.92. The van der Waals surface area contributed by atoms with Gasteiger partial charge in [-0.1, -0.05) is 0 Å². The lowest BCUT2D eigenvalue weighted by Gasteiger charge is -2.40. The van der Waals surface area contributed by atoms with Crippen molar-refractivity contribution in [2.24, 2.45) is 0 Å². The molecule has 10 nitrogen and oxygen atoms in total. The van der Waals surface area contributed by atoms with E-state index in [1.807, 2.05) is 6.07 Å². The highest BCUT2D eigenvalue weighted by molar-refractivity contribution is 5.57. The van der Waals surface area contributed by atoms with Gasteiger partial charge in [0.15, 0.2) is 5.79 Å². The molecule has 206 valence electrons. The Balaban J connectivity index is 1.21. The zero-order valence-electron chi connectivity index (χ0n) is 21.2. The molecule has 0 radical (unpaired) electrons. The average molecular weight is 536 g/mol. The monoisotopic (exact) mass is 535 g/mol. The number of hydrogen-bond donors (Lipinski definition) is 0. The molecule has 0 N–H and O–H groups in total. The molecule has 4 aliphatic heterocycles. The molecule has 0 amide bonds. The van der Waals surface area contributed by atoms with Gasteiger partial charge in [0, 0.05) is 77.5 Å². The zero-order valence-corrected chi connectivity index (χ0v) is 21.2. The van der Waals surface area contributed by atoms with Crippen LogP contribution in [-0.4, -0.2) is 99.5 Å². The van der Waals surface area contributed by atoms with Crippen LogP contribution in [-0.2, 0) is 20.4 Å². The van der Waals surface area contributed by atoms with E-state index in [4.69, 9.17) is 24.2 Å². The molecular formula is C25H32F3N7O3. The minimum Gasteiger partial charge on any atom is -0.378 e. The maximum Gasteiger partial charge on any atom is 0.419 e. The van der Waals surface area contributed by atoms with Gasteiger partial charge in [-0.15, -0.1) is 0 Å². The molecule has 2 aromatic rings. The average Bonchev–Trinajstić information content (AvgIpc) is 3.41. The van der Waals surface area contributed by atoms with E-state index in [1.54, 1.807) is 4.90 Å². The van der Waals surface area contributed by atoms with E-state index in [-0.39, 0.29) is 5.82 Å². The lowest BCUT2D eigenvalue weighted by Crippen LogP contribution is -2.48. The number of hydrogen-bond acceptors (Lipinski definition) is 10. The topological polar surface area (TPSA) is 79.3 Å². The molecule has 6 rings (SSSR count). The lowest BCUT2D eigenvalue weighted by molar-refractivity contribution is -0.169. The Morgan fingerprint density at radius 1 is 0.737 bits per heavy atom. The number of aromatic nitrogens is 3. The van der Waals surface area contributed by atoms with Crippen molar-refractivity contribution in [3.63, 3.8) is 0 Å². The molecule has 0 atom stereocenters. The van der Waals surface area contributed by atoms with Crippen LogP contribution < -0.4 is 19.6 Å². The summed E-state index contributed by atoms with van der Waals surface area (Å²) in [5.41, 5.74) is -0.703. The number of rotatable bonds is 4. The van der Waals surface area contributed by atoms with Crippen molar-refractivity contribution in [3.05, 3.63) is 30.0 Å². The summed E-state index contributed by atoms with van der Waals surface area (Å²) < 4.78 is 58.0. The van der Waals surface area contributed by atoms with Crippen LogP contribution in [0.3, 0.4) is 0 Å². The number of nitrogens with zero attached hydrogens (tertiary/aromatic N) is 7. The maximum atomic E-state index is 13.6. The molecule has 6 heterocycles. The van der Waals surface area contributed by atoms with Gasteiger partial charge in [-0.3, -0.25) is 0 Å². The summed E-state index contributed by atoms with van der Waals surface area (Å²) in [7, 11) is 0. The normalized spacial score (nSPS) is 22.4. The van der Waals surface area contributed by atoms with Gasteiger partial charge in [0.1, 0.15) is 17.5 Å². The third kappa shape index (κ3) is 5.19. The smallest absolute Gasteiger partial charge is 0.378 e. The molecule has 4 saturated heterocycles. The number of alkyl halides is 3. The summed E-state index contributed by atoms with van der Waals surface area (Å²) in [6.45, 7) is 7.31. The highest BCUT2D eigenvalue weighted by Gasteiger charge is 2.40. The van der Waals surface area contributed by atoms with Crippen molar-refractivity contribution in [3.8, 4) is 0 Å². The minimum atomic E-state index is -4.45. The Hall–Kier alpha value is -2.90. The Bertz CT molecular complexity index is 1110. The fourth-order valence-electron chi connectivity index (χ4n) is 5.52. The molecule has 1 spiro atoms. The summed E-state index contributed by atoms with van der Waals surface area (Å²) in [5, 5.41) is 0. The number of anilines is 4. The standard InChI is InChI=1S/C25H32F3N7O3/c26-25(27,28)19-2-1-5-29-22(19)34-10-8-33(9-11-34)21-18-20(30-23(31-21)35-12-14-36-15-13-35)32-6-3-24(4-7-32)37-16-17-38-24/h1-2,5,18H,3-4,6-17H2. The molecule has 2 aromatic heterocycles. The van der Waals surface area contributed by atoms with Crippen molar-refractivity contribution in [2.75, 3.05) is 98.4 Å². The van der Waals surface area contributed by atoms with Gasteiger partial charge in [0.2, 0.25) is 5.95 Å². The maximum absolute atomic E-state index is 13.6. The highest BCUT2D eigenvalue weighted by atomic mass is 19.4. The van der Waals surface area contributed by atoms with Gasteiger partial charge in [-0.2, -0.15) is 23.1 Å². The van der Waals surface area contributed by atoms with Gasteiger partial charge < -0.3 is 33.8 Å². The van der Waals surface area contributed by atoms with Gasteiger partial charge in [-0.25, -0.2) is 4.98 Å². The Kier molecular flexibility index (Phi) is 6.91. The second kappa shape index (κ2) is 10.3. The summed E-state index contributed by atoms with van der Waals surface area (Å²) in [5.74, 6) is 1.78. The minimum absolute atomic E-state index is 0.0179. The predicted molar refractivity (Wildman–Crippen MR) is 135 cm³/mol. The van der Waals surface area contributed by atoms with Crippen molar-refractivity contribution < 1.29 is 27.4 Å². The molecule has 38 heavy (non-hydrogen) atoms. The highest BCUT2D eigenvalue weighted by Crippen LogP contribution is 2.36. The summed E-state index contributed by atoms with van der Waals surface area (Å²) >= 11 is 0. The Labute approximate surface area is 219 Å². The van der Waals surface area contributed by atoms with Crippen LogP contribution in [0.2, 0.25) is 0 Å². The molecular weight excluding hydrogens is 503 g/mol. The van der Waals surface area contributed by atoms with Gasteiger partial charge in [-0.05, 0) is 12.1 Å². The summed E-state index contributed by atoms with van der Waals surface area (Å²) in [4.78, 5) is 22.1. The largest absolute Gasteiger partial charge is 0.419 e. The van der Waals surface area contributed by atoms with Crippen molar-refractivity contribution >= 4 is 23.4 Å². The van der Waals surface area contributed by atoms with Crippen LogP contribution in [0.15, 0.2) is 24.4 Å². The zero-order chi connectivity index (χ0) is 26.2. The molecule has 13 heteroatoms. The van der Waals surface area contributed by atoms with Crippen LogP contribution in [0.5, 0.6) is 0 Å². The van der Waals surface area contributed by atoms with E-state index in [0.29, 0.717) is 71.6 Å². The molecule has 0 aliphatic carbocycles. The van der Waals surface area contributed by atoms with E-state index in [9.17, 15) is 13.2 Å². The van der Waals surface area contributed by atoms with E-state index < -0.39 is 17.5 Å². The van der Waals surface area contributed by atoms with Crippen molar-refractivity contribution in [2.45, 2.75) is 24.8 Å². The quantitative estimate of drug-likeness (QED) is 0.583. The predicted octanol–water partition coefficient (Wildman–Crippen LogP) is 2.40. The van der Waals surface area contributed by atoms with E-state index in [2.05, 4.69) is 19.7 Å². The second-order valence-electron chi connectivity index (χ2n) is 9.92. The molecule has 0 bridgehead atoms. The number of morpholine rings is 1. The number of pyridine rings is 1. The van der Waals surface area contributed by atoms with E-state index in [1.165, 1.54) is 12.3 Å². The van der Waals surface area contributed by atoms with Crippen LogP contribution in [0.1, 0.15) is 18.4 Å². The number of piperazine rings is 1. The third-order valence-electron chi connectivity index (χ3n) is 7.64. The van der Waals surface area contributed by atoms with Gasteiger partial charge in [0.05, 0.1) is 32.0 Å². The van der Waals surface area contributed by atoms with Crippen molar-refractivity contribution in [1.29, 1.82) is 0 Å². The number of piperidine rings is 1. The third-order valence-corrected chi connectivity index (χ3v) is 7.64. The first kappa shape index (κ1) is 25.4. The van der Waals surface area contributed by atoms with E-state index in [0.717, 1.165) is 43.6 Å². The van der Waals surface area contributed by atoms with Gasteiger partial charge >= 0.3 is 6.18 Å². The summed E-state index contributed by atoms with van der Waals surface area (Å²) in [6, 6.07) is 4.41. The Morgan fingerprint density at radius 2 is 1.34 bits per heavy atom. The Morgan fingerprint density at radius 3 is 1.97 bits per heavy atom. The number of ether oxygens (including phenoxy) is 3. The molecule has 0 saturated carbocycles. The lowest BCUT2D eigenvalue weighted by atomic mass is 10.0. The fourth-order valence-corrected chi connectivity index (χ4v) is 5.52. The van der Waals surface area contributed by atoms with Crippen molar-refractivity contribution in [1.82, 2.24) is 15.0 Å². The first-order valence-electron chi connectivity index (χ1n) is 13.2. The van der Waals surface area contributed by atoms with Gasteiger partial charge in [0.25, 0.3) is 0 Å². The fraction of sp³-hybridized carbons (Fsp3) is 0.640. The van der Waals surface area contributed by atoms with Crippen LogP contribution in [0, 0.1) is 0 Å². The van der Waals surface area contributed by atoms with Crippen LogP contribution in [0.4, 0.5) is 36.6 Å². The molecule has 0 unspecified atom stereocenters. The SMILES string of the molecule is FC(F)(F)c1cccnc1N1CCN(c2cc(N3CCC4(CC3)OCCO4)nc(N3CCOCC3)n2)CC1. The molecule has 4 aliphatic rings. The first-order valence-corrected chi connectivity index (χ1v) is 13.2. The van der Waals surface area contributed by atoms with Crippen LogP contribution in [0.25, 0.3) is 0 Å². The molecule has 4 fully saturated rings. The first-order chi connectivity index (χ1) is 18.4.